The van der Waals surface area contributed by atoms with E-state index in [1.54, 1.807) is 19.3 Å². The van der Waals surface area contributed by atoms with Crippen molar-refractivity contribution in [3.63, 3.8) is 0 Å². The molecule has 1 N–H and O–H groups in total. The molecule has 0 saturated heterocycles. The van der Waals surface area contributed by atoms with Crippen molar-refractivity contribution in [1.82, 2.24) is 4.98 Å². The Bertz CT molecular complexity index is 363. The molecule has 15 heavy (non-hydrogen) atoms. The molecule has 1 aromatic heterocycles. The Morgan fingerprint density at radius 2 is 2.40 bits per heavy atom. The third-order valence-electron chi connectivity index (χ3n) is 1.69. The van der Waals surface area contributed by atoms with Gasteiger partial charge in [-0.05, 0) is 17.2 Å². The van der Waals surface area contributed by atoms with E-state index in [0.29, 0.717) is 5.75 Å². The van der Waals surface area contributed by atoms with Crippen LogP contribution in [0.2, 0.25) is 0 Å². The number of carbonyl (C=O) groups is 1. The summed E-state index contributed by atoms with van der Waals surface area (Å²) in [6.45, 7) is 1.54. The van der Waals surface area contributed by atoms with Gasteiger partial charge in [0.1, 0.15) is 0 Å². The molecule has 1 heterocycles. The number of thioether (sulfide) groups is 1. The third kappa shape index (κ3) is 4.76. The van der Waals surface area contributed by atoms with Crippen LogP contribution in [0.15, 0.2) is 24.5 Å². The van der Waals surface area contributed by atoms with E-state index in [4.69, 9.17) is 5.11 Å². The molecule has 0 aromatic carbocycles. The molecule has 0 radical (unpaired) electrons. The van der Waals surface area contributed by atoms with Crippen molar-refractivity contribution in [2.24, 2.45) is 0 Å². The van der Waals surface area contributed by atoms with Crippen molar-refractivity contribution in [3.05, 3.63) is 35.7 Å². The third-order valence-corrected chi connectivity index (χ3v) is 2.46. The van der Waals surface area contributed by atoms with Crippen molar-refractivity contribution in [1.29, 1.82) is 0 Å². The van der Waals surface area contributed by atoms with Gasteiger partial charge < -0.3 is 5.11 Å². The summed E-state index contributed by atoms with van der Waals surface area (Å²) in [5.74, 6) is 0.665. The van der Waals surface area contributed by atoms with Crippen LogP contribution in [-0.2, 0) is 11.4 Å². The number of aromatic nitrogens is 1. The first-order valence-electron chi connectivity index (χ1n) is 4.57. The minimum Gasteiger partial charge on any atom is -0.392 e. The first-order chi connectivity index (χ1) is 7.22. The molecule has 3 nitrogen and oxygen atoms in total. The number of rotatable bonds is 4. The van der Waals surface area contributed by atoms with E-state index < -0.39 is 0 Å². The molecule has 0 aliphatic rings. The molecule has 0 bridgehead atoms. The topological polar surface area (TPSA) is 50.2 Å². The Hall–Kier alpha value is -1.13. The highest BCUT2D eigenvalue weighted by Gasteiger charge is 1.93. The lowest BCUT2D eigenvalue weighted by Crippen LogP contribution is -1.86. The summed E-state index contributed by atoms with van der Waals surface area (Å²) < 4.78 is 0. The molecule has 0 aliphatic carbocycles. The predicted molar refractivity (Wildman–Crippen MR) is 62.3 cm³/mol. The smallest absolute Gasteiger partial charge is 0.186 e. The highest BCUT2D eigenvalue weighted by Crippen LogP contribution is 2.07. The molecule has 1 rings (SSSR count). The van der Waals surface area contributed by atoms with Gasteiger partial charge in [-0.3, -0.25) is 9.78 Å². The lowest BCUT2D eigenvalue weighted by Gasteiger charge is -1.96. The van der Waals surface area contributed by atoms with Crippen LogP contribution in [0.5, 0.6) is 0 Å². The van der Waals surface area contributed by atoms with Crippen LogP contribution >= 0.6 is 11.8 Å². The summed E-state index contributed by atoms with van der Waals surface area (Å²) >= 11 is 1.26. The average Bonchev–Trinajstić information content (AvgIpc) is 2.24. The molecule has 0 spiro atoms. The second-order valence-corrected chi connectivity index (χ2v) is 4.19. The number of hydrogen-bond donors (Lipinski definition) is 1. The molecule has 0 atom stereocenters. The van der Waals surface area contributed by atoms with Crippen LogP contribution in [0.1, 0.15) is 18.1 Å². The molecule has 0 fully saturated rings. The highest BCUT2D eigenvalue weighted by atomic mass is 32.2. The summed E-state index contributed by atoms with van der Waals surface area (Å²) in [4.78, 5) is 14.6. The van der Waals surface area contributed by atoms with Crippen LogP contribution < -0.4 is 0 Å². The van der Waals surface area contributed by atoms with Crippen LogP contribution in [0, 0.1) is 0 Å². The zero-order valence-electron chi connectivity index (χ0n) is 8.51. The highest BCUT2D eigenvalue weighted by molar-refractivity contribution is 8.13. The summed E-state index contributed by atoms with van der Waals surface area (Å²) in [5.41, 5.74) is 1.72. The zero-order chi connectivity index (χ0) is 11.1. The monoisotopic (exact) mass is 223 g/mol. The number of hydrogen-bond acceptors (Lipinski definition) is 4. The van der Waals surface area contributed by atoms with Gasteiger partial charge in [0.2, 0.25) is 0 Å². The number of carbonyl (C=O) groups excluding carboxylic acids is 1. The van der Waals surface area contributed by atoms with Gasteiger partial charge in [-0.2, -0.15) is 0 Å². The van der Waals surface area contributed by atoms with Gasteiger partial charge in [-0.25, -0.2) is 0 Å². The minimum atomic E-state index is -0.00310. The number of pyridine rings is 1. The first-order valence-corrected chi connectivity index (χ1v) is 5.55. The average molecular weight is 223 g/mol. The van der Waals surface area contributed by atoms with Crippen LogP contribution in [0.3, 0.4) is 0 Å². The van der Waals surface area contributed by atoms with Gasteiger partial charge in [0.25, 0.3) is 0 Å². The Kier molecular flexibility index (Phi) is 5.07. The van der Waals surface area contributed by atoms with Gasteiger partial charge in [0, 0.05) is 25.1 Å². The van der Waals surface area contributed by atoms with Gasteiger partial charge in [-0.1, -0.05) is 23.9 Å². The summed E-state index contributed by atoms with van der Waals surface area (Å²) in [5, 5.41) is 9.01. The molecule has 0 amide bonds. The fourth-order valence-electron chi connectivity index (χ4n) is 1.03. The molecular weight excluding hydrogens is 210 g/mol. The van der Waals surface area contributed by atoms with Crippen molar-refractivity contribution < 1.29 is 9.90 Å². The second-order valence-electron chi connectivity index (χ2n) is 2.99. The lowest BCUT2D eigenvalue weighted by molar-refractivity contribution is -0.109. The predicted octanol–water partition coefficient (Wildman–Crippen LogP) is 1.87. The first kappa shape index (κ1) is 11.9. The Balaban J connectivity index is 2.52. The summed E-state index contributed by atoms with van der Waals surface area (Å²) in [7, 11) is 0. The van der Waals surface area contributed by atoms with E-state index in [9.17, 15) is 4.79 Å². The van der Waals surface area contributed by atoms with Crippen LogP contribution in [0.4, 0.5) is 0 Å². The Labute approximate surface area is 93.2 Å². The maximum atomic E-state index is 10.6. The number of nitrogens with zero attached hydrogens (tertiary/aromatic N) is 1. The zero-order valence-corrected chi connectivity index (χ0v) is 9.33. The molecule has 1 aromatic rings. The van der Waals surface area contributed by atoms with E-state index in [1.807, 2.05) is 18.2 Å². The molecule has 4 heteroatoms. The number of aliphatic hydroxyl groups excluding tert-OH is 1. The minimum absolute atomic E-state index is 0.00310. The van der Waals surface area contributed by atoms with Crippen molar-refractivity contribution in [3.8, 4) is 0 Å². The maximum Gasteiger partial charge on any atom is 0.186 e. The van der Waals surface area contributed by atoms with Crippen molar-refractivity contribution in [2.45, 2.75) is 13.5 Å². The van der Waals surface area contributed by atoms with Crippen molar-refractivity contribution in [2.75, 3.05) is 5.75 Å². The molecule has 0 aliphatic heterocycles. The Morgan fingerprint density at radius 1 is 1.60 bits per heavy atom. The SMILES string of the molecule is CC(=O)SCC=Cc1cncc(CO)c1. The fraction of sp³-hybridized carbons (Fsp3) is 0.273. The molecule has 0 unspecified atom stereocenters. The quantitative estimate of drug-likeness (QED) is 0.846. The van der Waals surface area contributed by atoms with E-state index >= 15 is 0 Å². The van der Waals surface area contributed by atoms with Gasteiger partial charge in [0.15, 0.2) is 5.12 Å². The van der Waals surface area contributed by atoms with E-state index in [-0.39, 0.29) is 11.7 Å². The second kappa shape index (κ2) is 6.37. The summed E-state index contributed by atoms with van der Waals surface area (Å²) in [6.07, 6.45) is 7.14. The molecule has 80 valence electrons. The molecular formula is C11H13NO2S. The van der Waals surface area contributed by atoms with Crippen LogP contribution in [0.25, 0.3) is 6.08 Å². The van der Waals surface area contributed by atoms with Gasteiger partial charge in [-0.15, -0.1) is 0 Å². The maximum absolute atomic E-state index is 10.6. The van der Waals surface area contributed by atoms with Crippen LogP contribution in [-0.4, -0.2) is 21.0 Å². The van der Waals surface area contributed by atoms with Crippen molar-refractivity contribution >= 4 is 23.0 Å². The van der Waals surface area contributed by atoms with Gasteiger partial charge in [0.05, 0.1) is 6.61 Å². The van der Waals surface area contributed by atoms with Gasteiger partial charge >= 0.3 is 0 Å². The Morgan fingerprint density at radius 3 is 3.07 bits per heavy atom. The molecule has 0 saturated carbocycles. The summed E-state index contributed by atoms with van der Waals surface area (Å²) in [6, 6.07) is 1.86. The van der Waals surface area contributed by atoms with E-state index in [2.05, 4.69) is 4.98 Å². The largest absolute Gasteiger partial charge is 0.392 e. The standard InChI is InChI=1S/C11H13NO2S/c1-9(14)15-4-2-3-10-5-11(8-13)7-12-6-10/h2-3,5-7,13H,4,8H2,1H3. The number of aliphatic hydroxyl groups is 1. The van der Waals surface area contributed by atoms with E-state index in [1.165, 1.54) is 11.8 Å². The lowest BCUT2D eigenvalue weighted by atomic mass is 10.2. The van der Waals surface area contributed by atoms with E-state index in [0.717, 1.165) is 11.1 Å². The fourth-order valence-corrected chi connectivity index (χ4v) is 1.46. The normalized spacial score (nSPS) is 10.8.